The van der Waals surface area contributed by atoms with Crippen molar-refractivity contribution in [3.05, 3.63) is 132 Å². The van der Waals surface area contributed by atoms with Gasteiger partial charge in [0.1, 0.15) is 0 Å². The van der Waals surface area contributed by atoms with Gasteiger partial charge in [-0.25, -0.2) is 0 Å². The number of para-hydroxylation sites is 2. The Morgan fingerprint density at radius 2 is 1.25 bits per heavy atom. The Hall–Kier alpha value is -3.86. The SMILES string of the molecule is Brc1ccc2c(c1)sc1cc(N(c3ccccc3)c3ccc4c(ccn4-c4ccccc4)c3)ccc12. The maximum Gasteiger partial charge on any atom is 0.0529 e. The molecule has 0 spiro atoms. The third-order valence-corrected chi connectivity index (χ3v) is 8.27. The highest BCUT2D eigenvalue weighted by Gasteiger charge is 2.16. The summed E-state index contributed by atoms with van der Waals surface area (Å²) in [6, 6.07) is 43.4. The molecule has 0 radical (unpaired) electrons. The van der Waals surface area contributed by atoms with E-state index in [0.717, 1.165) is 21.5 Å². The van der Waals surface area contributed by atoms with E-state index < -0.39 is 0 Å². The predicted molar refractivity (Wildman–Crippen MR) is 159 cm³/mol. The van der Waals surface area contributed by atoms with Crippen LogP contribution in [0.25, 0.3) is 36.8 Å². The standard InChI is InChI=1S/C32H21BrN2S/c33-23-11-14-28-29-15-12-27(21-32(29)36-31(28)20-23)35(25-9-5-2-6-10-25)26-13-16-30-22(19-26)17-18-34(30)24-7-3-1-4-8-24/h1-21H. The molecule has 0 saturated heterocycles. The van der Waals surface area contributed by atoms with Crippen molar-refractivity contribution in [2.45, 2.75) is 0 Å². The van der Waals surface area contributed by atoms with Crippen molar-refractivity contribution < 1.29 is 0 Å². The summed E-state index contributed by atoms with van der Waals surface area (Å²) in [4.78, 5) is 2.35. The molecule has 0 amide bonds. The third-order valence-electron chi connectivity index (χ3n) is 6.66. The highest BCUT2D eigenvalue weighted by molar-refractivity contribution is 9.10. The summed E-state index contributed by atoms with van der Waals surface area (Å²) < 4.78 is 5.95. The lowest BCUT2D eigenvalue weighted by atomic mass is 10.1. The van der Waals surface area contributed by atoms with Crippen LogP contribution in [0.5, 0.6) is 0 Å². The lowest BCUT2D eigenvalue weighted by Gasteiger charge is -2.25. The van der Waals surface area contributed by atoms with Crippen molar-refractivity contribution in [3.8, 4) is 5.69 Å². The Bertz CT molecular complexity index is 1850. The molecule has 0 aliphatic rings. The van der Waals surface area contributed by atoms with Gasteiger partial charge in [-0.15, -0.1) is 11.3 Å². The van der Waals surface area contributed by atoms with Gasteiger partial charge < -0.3 is 9.47 Å². The zero-order valence-corrected chi connectivity index (χ0v) is 21.7. The van der Waals surface area contributed by atoms with Crippen LogP contribution in [0.2, 0.25) is 0 Å². The molecule has 7 rings (SSSR count). The molecule has 36 heavy (non-hydrogen) atoms. The van der Waals surface area contributed by atoms with Gasteiger partial charge >= 0.3 is 0 Å². The fraction of sp³-hybridized carbons (Fsp3) is 0. The van der Waals surface area contributed by atoms with Crippen molar-refractivity contribution in [1.29, 1.82) is 0 Å². The van der Waals surface area contributed by atoms with Crippen LogP contribution in [0.1, 0.15) is 0 Å². The van der Waals surface area contributed by atoms with E-state index in [9.17, 15) is 0 Å². The van der Waals surface area contributed by atoms with Gasteiger partial charge in [-0.3, -0.25) is 0 Å². The first-order valence-corrected chi connectivity index (χ1v) is 13.5. The molecule has 0 N–H and O–H groups in total. The fourth-order valence-corrected chi connectivity index (χ4v) is 6.68. The summed E-state index contributed by atoms with van der Waals surface area (Å²) >= 11 is 5.46. The third kappa shape index (κ3) is 3.62. The maximum absolute atomic E-state index is 3.62. The molecule has 0 aliphatic carbocycles. The summed E-state index contributed by atoms with van der Waals surface area (Å²) in [5, 5.41) is 3.82. The average molecular weight is 546 g/mol. The molecule has 4 heteroatoms. The number of nitrogens with zero attached hydrogens (tertiary/aromatic N) is 2. The summed E-state index contributed by atoms with van der Waals surface area (Å²) in [6.07, 6.45) is 2.15. The van der Waals surface area contributed by atoms with Gasteiger partial charge in [0.2, 0.25) is 0 Å². The van der Waals surface area contributed by atoms with Crippen molar-refractivity contribution in [3.63, 3.8) is 0 Å². The molecule has 2 aromatic heterocycles. The van der Waals surface area contributed by atoms with Crippen molar-refractivity contribution in [1.82, 2.24) is 4.57 Å². The van der Waals surface area contributed by atoms with E-state index in [0.29, 0.717) is 0 Å². The molecule has 2 nitrogen and oxygen atoms in total. The lowest BCUT2D eigenvalue weighted by Crippen LogP contribution is -2.09. The smallest absolute Gasteiger partial charge is 0.0529 e. The quantitative estimate of drug-likeness (QED) is 0.214. The van der Waals surface area contributed by atoms with Gasteiger partial charge in [0.15, 0.2) is 0 Å². The first-order chi connectivity index (χ1) is 17.7. The number of thiophene rings is 1. The first-order valence-electron chi connectivity index (χ1n) is 11.9. The highest BCUT2D eigenvalue weighted by Crippen LogP contribution is 2.41. The minimum absolute atomic E-state index is 1.11. The molecule has 0 aliphatic heterocycles. The van der Waals surface area contributed by atoms with Gasteiger partial charge in [-0.05, 0) is 72.8 Å². The number of benzene rings is 5. The van der Waals surface area contributed by atoms with E-state index in [4.69, 9.17) is 0 Å². The Balaban J connectivity index is 1.39. The summed E-state index contributed by atoms with van der Waals surface area (Å²) in [5.41, 5.74) is 5.80. The van der Waals surface area contributed by atoms with Crippen LogP contribution in [-0.2, 0) is 0 Å². The van der Waals surface area contributed by atoms with E-state index in [1.54, 1.807) is 0 Å². The van der Waals surface area contributed by atoms with Crippen molar-refractivity contribution >= 4 is 75.4 Å². The molecule has 0 fully saturated rings. The van der Waals surface area contributed by atoms with Crippen molar-refractivity contribution in [2.75, 3.05) is 4.90 Å². The summed E-state index contributed by atoms with van der Waals surface area (Å²) in [5.74, 6) is 0. The number of halogens is 1. The molecule has 0 atom stereocenters. The number of hydrogen-bond acceptors (Lipinski definition) is 2. The zero-order valence-electron chi connectivity index (χ0n) is 19.3. The Morgan fingerprint density at radius 3 is 2.06 bits per heavy atom. The number of hydrogen-bond donors (Lipinski definition) is 0. The topological polar surface area (TPSA) is 8.17 Å². The van der Waals surface area contributed by atoms with E-state index in [2.05, 4.69) is 153 Å². The Kier molecular flexibility index (Phi) is 5.16. The Labute approximate surface area is 221 Å². The van der Waals surface area contributed by atoms with E-state index >= 15 is 0 Å². The molecule has 5 aromatic carbocycles. The van der Waals surface area contributed by atoms with Crippen LogP contribution >= 0.6 is 27.3 Å². The molecule has 7 aromatic rings. The minimum Gasteiger partial charge on any atom is -0.317 e. The fourth-order valence-electron chi connectivity index (χ4n) is 4.99. The number of aromatic nitrogens is 1. The molecule has 0 bridgehead atoms. The first kappa shape index (κ1) is 21.4. The average Bonchev–Trinajstić information content (AvgIpc) is 3.50. The highest BCUT2D eigenvalue weighted by atomic mass is 79.9. The van der Waals surface area contributed by atoms with Crippen LogP contribution in [-0.4, -0.2) is 4.57 Å². The summed E-state index contributed by atoms with van der Waals surface area (Å²) in [7, 11) is 0. The maximum atomic E-state index is 3.62. The van der Waals surface area contributed by atoms with E-state index in [1.807, 2.05) is 11.3 Å². The van der Waals surface area contributed by atoms with Gasteiger partial charge in [-0.1, -0.05) is 64.5 Å². The second kappa shape index (κ2) is 8.66. The number of fused-ring (bicyclic) bond motifs is 4. The normalized spacial score (nSPS) is 11.5. The molecular weight excluding hydrogens is 524 g/mol. The second-order valence-electron chi connectivity index (χ2n) is 8.86. The van der Waals surface area contributed by atoms with Crippen LogP contribution in [0.15, 0.2) is 132 Å². The zero-order chi connectivity index (χ0) is 24.1. The van der Waals surface area contributed by atoms with Crippen LogP contribution in [0, 0.1) is 0 Å². The van der Waals surface area contributed by atoms with Crippen LogP contribution in [0.3, 0.4) is 0 Å². The Morgan fingerprint density at radius 1 is 0.583 bits per heavy atom. The van der Waals surface area contributed by atoms with E-state index in [-0.39, 0.29) is 0 Å². The van der Waals surface area contributed by atoms with Gasteiger partial charge in [-0.2, -0.15) is 0 Å². The summed E-state index contributed by atoms with van der Waals surface area (Å²) in [6.45, 7) is 0. The number of rotatable bonds is 4. The molecule has 172 valence electrons. The lowest BCUT2D eigenvalue weighted by molar-refractivity contribution is 1.13. The molecule has 2 heterocycles. The number of anilines is 3. The second-order valence-corrected chi connectivity index (χ2v) is 10.9. The van der Waals surface area contributed by atoms with E-state index in [1.165, 1.54) is 36.8 Å². The molecule has 0 unspecified atom stereocenters. The van der Waals surface area contributed by atoms with Gasteiger partial charge in [0, 0.05) is 59.0 Å². The van der Waals surface area contributed by atoms with Gasteiger partial charge in [0.25, 0.3) is 0 Å². The molecular formula is C32H21BrN2S. The van der Waals surface area contributed by atoms with Gasteiger partial charge in [0.05, 0.1) is 5.52 Å². The largest absolute Gasteiger partial charge is 0.317 e. The molecule has 0 saturated carbocycles. The monoisotopic (exact) mass is 544 g/mol. The predicted octanol–water partition coefficient (Wildman–Crippen LogP) is 10.2. The minimum atomic E-state index is 1.11. The van der Waals surface area contributed by atoms with Crippen molar-refractivity contribution in [2.24, 2.45) is 0 Å². The van der Waals surface area contributed by atoms with Crippen LogP contribution < -0.4 is 4.90 Å². The van der Waals surface area contributed by atoms with Crippen LogP contribution in [0.4, 0.5) is 17.1 Å².